The molecule has 0 spiro atoms. The van der Waals surface area contributed by atoms with Gasteiger partial charge in [-0.05, 0) is 34.8 Å². The topological polar surface area (TPSA) is 88.0 Å². The summed E-state index contributed by atoms with van der Waals surface area (Å²) in [7, 11) is -1.51. The quantitative estimate of drug-likeness (QED) is 0.768. The van der Waals surface area contributed by atoms with Crippen molar-refractivity contribution in [1.29, 1.82) is 10.5 Å². The van der Waals surface area contributed by atoms with Gasteiger partial charge in [0.15, 0.2) is 0 Å². The maximum absolute atomic E-state index is 9.02. The highest BCUT2D eigenvalue weighted by atomic mass is 16.4. The molecule has 90 valence electrons. The first-order valence-electron chi connectivity index (χ1n) is 5.56. The molecule has 2 aromatic rings. The van der Waals surface area contributed by atoms with Crippen molar-refractivity contribution in [2.75, 3.05) is 0 Å². The minimum atomic E-state index is -1.51. The van der Waals surface area contributed by atoms with Gasteiger partial charge in [-0.1, -0.05) is 24.3 Å². The van der Waals surface area contributed by atoms with Crippen LogP contribution in [0.1, 0.15) is 11.1 Å². The molecule has 2 rings (SSSR count). The van der Waals surface area contributed by atoms with Gasteiger partial charge in [-0.3, -0.25) is 0 Å². The Morgan fingerprint density at radius 2 is 1.32 bits per heavy atom. The van der Waals surface area contributed by atoms with Crippen molar-refractivity contribution >= 4 is 12.6 Å². The molecule has 0 aliphatic rings. The van der Waals surface area contributed by atoms with Crippen LogP contribution in [0.5, 0.6) is 0 Å². The van der Waals surface area contributed by atoms with Gasteiger partial charge in [0, 0.05) is 0 Å². The molecule has 2 N–H and O–H groups in total. The summed E-state index contributed by atoms with van der Waals surface area (Å²) in [5.41, 5.74) is 2.77. The van der Waals surface area contributed by atoms with Gasteiger partial charge in [-0.15, -0.1) is 0 Å². The first-order chi connectivity index (χ1) is 9.13. The van der Waals surface area contributed by atoms with Crippen LogP contribution in [0.25, 0.3) is 11.1 Å². The Balaban J connectivity index is 2.47. The highest BCUT2D eigenvalue weighted by molar-refractivity contribution is 6.58. The average Bonchev–Trinajstić information content (AvgIpc) is 2.46. The molecule has 0 aromatic heterocycles. The van der Waals surface area contributed by atoms with Crippen molar-refractivity contribution in [3.05, 3.63) is 53.6 Å². The number of hydrogen-bond acceptors (Lipinski definition) is 4. The normalized spacial score (nSPS) is 9.47. The van der Waals surface area contributed by atoms with E-state index < -0.39 is 7.12 Å². The van der Waals surface area contributed by atoms with Crippen LogP contribution in [-0.2, 0) is 0 Å². The largest absolute Gasteiger partial charge is 0.488 e. The molecule has 0 atom stereocenters. The highest BCUT2D eigenvalue weighted by Crippen LogP contribution is 2.21. The Hall–Kier alpha value is -2.60. The van der Waals surface area contributed by atoms with E-state index in [1.807, 2.05) is 12.1 Å². The van der Waals surface area contributed by atoms with Crippen LogP contribution in [-0.4, -0.2) is 17.2 Å². The van der Waals surface area contributed by atoms with Crippen LogP contribution in [0.2, 0.25) is 0 Å². The Labute approximate surface area is 110 Å². The summed E-state index contributed by atoms with van der Waals surface area (Å²) in [5, 5.41) is 35.9. The van der Waals surface area contributed by atoms with Gasteiger partial charge in [0.05, 0.1) is 23.3 Å². The molecule has 2 aromatic carbocycles. The third kappa shape index (κ3) is 2.81. The average molecular weight is 248 g/mol. The predicted octanol–water partition coefficient (Wildman–Crippen LogP) is 0.777. The molecule has 0 aliphatic carbocycles. The van der Waals surface area contributed by atoms with Gasteiger partial charge in [0.2, 0.25) is 0 Å². The second kappa shape index (κ2) is 5.37. The predicted molar refractivity (Wildman–Crippen MR) is 71.1 cm³/mol. The lowest BCUT2D eigenvalue weighted by molar-refractivity contribution is 0.426. The minimum Gasteiger partial charge on any atom is -0.423 e. The van der Waals surface area contributed by atoms with E-state index in [9.17, 15) is 0 Å². The van der Waals surface area contributed by atoms with Crippen LogP contribution < -0.4 is 5.46 Å². The second-order valence-corrected chi connectivity index (χ2v) is 4.02. The van der Waals surface area contributed by atoms with Gasteiger partial charge in [-0.2, -0.15) is 10.5 Å². The lowest BCUT2D eigenvalue weighted by atomic mass is 9.80. The molecule has 0 unspecified atom stereocenters. The van der Waals surface area contributed by atoms with E-state index in [0.717, 1.165) is 11.1 Å². The maximum Gasteiger partial charge on any atom is 0.488 e. The third-order valence-electron chi connectivity index (χ3n) is 2.73. The van der Waals surface area contributed by atoms with Gasteiger partial charge in [0.25, 0.3) is 0 Å². The second-order valence-electron chi connectivity index (χ2n) is 4.02. The van der Waals surface area contributed by atoms with Crippen molar-refractivity contribution in [3.8, 4) is 23.3 Å². The van der Waals surface area contributed by atoms with Gasteiger partial charge < -0.3 is 10.0 Å². The molecular weight excluding hydrogens is 239 g/mol. The van der Waals surface area contributed by atoms with Crippen LogP contribution in [0.4, 0.5) is 0 Å². The van der Waals surface area contributed by atoms with E-state index in [1.54, 1.807) is 36.4 Å². The van der Waals surface area contributed by atoms with Crippen LogP contribution in [0.15, 0.2) is 42.5 Å². The fraction of sp³-hybridized carbons (Fsp3) is 0. The monoisotopic (exact) mass is 248 g/mol. The number of benzene rings is 2. The zero-order chi connectivity index (χ0) is 13.8. The summed E-state index contributed by atoms with van der Waals surface area (Å²) in [4.78, 5) is 0. The highest BCUT2D eigenvalue weighted by Gasteiger charge is 2.10. The summed E-state index contributed by atoms with van der Waals surface area (Å²) in [5.74, 6) is 0. The molecule has 0 saturated heterocycles. The van der Waals surface area contributed by atoms with E-state index in [1.165, 1.54) is 6.07 Å². The lowest BCUT2D eigenvalue weighted by Gasteiger charge is -2.05. The zero-order valence-electron chi connectivity index (χ0n) is 9.91. The van der Waals surface area contributed by atoms with Crippen molar-refractivity contribution in [1.82, 2.24) is 0 Å². The fourth-order valence-electron chi connectivity index (χ4n) is 1.77. The van der Waals surface area contributed by atoms with Crippen molar-refractivity contribution < 1.29 is 10.0 Å². The number of rotatable bonds is 2. The Morgan fingerprint density at radius 3 is 1.74 bits per heavy atom. The molecule has 0 aliphatic heterocycles. The molecule has 4 nitrogen and oxygen atoms in total. The molecule has 0 bridgehead atoms. The summed E-state index contributed by atoms with van der Waals surface area (Å²) >= 11 is 0. The molecule has 0 amide bonds. The lowest BCUT2D eigenvalue weighted by Crippen LogP contribution is -2.29. The van der Waals surface area contributed by atoms with Crippen LogP contribution >= 0.6 is 0 Å². The summed E-state index contributed by atoms with van der Waals surface area (Å²) in [6.45, 7) is 0. The summed E-state index contributed by atoms with van der Waals surface area (Å²) in [6.07, 6.45) is 0. The number of hydrogen-bond donors (Lipinski definition) is 2. The smallest absolute Gasteiger partial charge is 0.423 e. The third-order valence-corrected chi connectivity index (χ3v) is 2.73. The first-order valence-corrected chi connectivity index (χ1v) is 5.56. The van der Waals surface area contributed by atoms with Gasteiger partial charge in [-0.25, -0.2) is 0 Å². The van der Waals surface area contributed by atoms with Crippen molar-refractivity contribution in [2.45, 2.75) is 0 Å². The molecule has 0 heterocycles. The first kappa shape index (κ1) is 12.9. The Kier molecular flexibility index (Phi) is 3.63. The molecule has 0 saturated carbocycles. The van der Waals surface area contributed by atoms with E-state index >= 15 is 0 Å². The Morgan fingerprint density at radius 1 is 0.789 bits per heavy atom. The minimum absolute atomic E-state index is 0.390. The maximum atomic E-state index is 9.02. The van der Waals surface area contributed by atoms with Crippen LogP contribution in [0, 0.1) is 22.7 Å². The number of nitriles is 2. The molecular formula is C14H9BN2O2. The van der Waals surface area contributed by atoms with Gasteiger partial charge in [0.1, 0.15) is 0 Å². The Bertz CT molecular complexity index is 650. The summed E-state index contributed by atoms with van der Waals surface area (Å²) in [6, 6.07) is 15.5. The molecule has 19 heavy (non-hydrogen) atoms. The van der Waals surface area contributed by atoms with E-state index in [4.69, 9.17) is 20.6 Å². The van der Waals surface area contributed by atoms with E-state index in [0.29, 0.717) is 16.6 Å². The van der Waals surface area contributed by atoms with Crippen molar-refractivity contribution in [2.24, 2.45) is 0 Å². The number of nitrogens with zero attached hydrogens (tertiary/aromatic N) is 2. The molecule has 0 fully saturated rings. The SMILES string of the molecule is N#Cc1cc(C#N)cc(-c2ccc(B(O)O)cc2)c1. The van der Waals surface area contributed by atoms with Gasteiger partial charge >= 0.3 is 7.12 Å². The fourth-order valence-corrected chi connectivity index (χ4v) is 1.77. The van der Waals surface area contributed by atoms with E-state index in [-0.39, 0.29) is 0 Å². The van der Waals surface area contributed by atoms with Crippen molar-refractivity contribution in [3.63, 3.8) is 0 Å². The summed E-state index contributed by atoms with van der Waals surface area (Å²) < 4.78 is 0. The molecule has 5 heteroatoms. The van der Waals surface area contributed by atoms with E-state index in [2.05, 4.69) is 0 Å². The standard InChI is InChI=1S/C14H9BN2O2/c16-8-10-5-11(9-17)7-13(6-10)12-1-3-14(4-2-12)15(18)19/h1-7,18-19H. The molecule has 0 radical (unpaired) electrons. The zero-order valence-corrected chi connectivity index (χ0v) is 9.91. The van der Waals surface area contributed by atoms with Crippen LogP contribution in [0.3, 0.4) is 0 Å².